The van der Waals surface area contributed by atoms with E-state index in [1.54, 1.807) is 6.92 Å². The Bertz CT molecular complexity index is 748. The lowest BCUT2D eigenvalue weighted by molar-refractivity contribution is -0.105. The van der Waals surface area contributed by atoms with Gasteiger partial charge in [-0.25, -0.2) is 9.97 Å². The summed E-state index contributed by atoms with van der Waals surface area (Å²) < 4.78 is 7.14. The van der Waals surface area contributed by atoms with Gasteiger partial charge < -0.3 is 25.8 Å². The molecule has 3 heterocycles. The highest BCUT2D eigenvalue weighted by Gasteiger charge is 2.55. The number of fused-ring (bicyclic) bond motifs is 1. The zero-order valence-electron chi connectivity index (χ0n) is 12.6. The maximum absolute atomic E-state index is 10.9. The number of anilines is 1. The van der Waals surface area contributed by atoms with Gasteiger partial charge in [0.1, 0.15) is 23.3 Å². The van der Waals surface area contributed by atoms with Crippen LogP contribution in [0.25, 0.3) is 11.2 Å². The lowest BCUT2D eigenvalue weighted by Gasteiger charge is -2.30. The molecule has 1 fully saturated rings. The lowest BCUT2D eigenvalue weighted by Crippen LogP contribution is -2.46. The Labute approximate surface area is 132 Å². The van der Waals surface area contributed by atoms with Crippen molar-refractivity contribution in [3.8, 4) is 0 Å². The first kappa shape index (κ1) is 15.8. The Morgan fingerprint density at radius 3 is 2.91 bits per heavy atom. The van der Waals surface area contributed by atoms with E-state index in [-0.39, 0.29) is 12.4 Å². The third kappa shape index (κ3) is 2.29. The number of ether oxygens (including phenoxy) is 1. The third-order valence-electron chi connectivity index (χ3n) is 4.11. The quantitative estimate of drug-likeness (QED) is 0.541. The average Bonchev–Trinajstić information content (AvgIpc) is 3.01. The summed E-state index contributed by atoms with van der Waals surface area (Å²) in [5.41, 5.74) is 5.51. The molecule has 2 aromatic rings. The van der Waals surface area contributed by atoms with Gasteiger partial charge in [-0.1, -0.05) is 6.08 Å². The first-order valence-electron chi connectivity index (χ1n) is 7.16. The Morgan fingerprint density at radius 2 is 2.26 bits per heavy atom. The first-order valence-corrected chi connectivity index (χ1v) is 7.16. The monoisotopic (exact) mass is 321 g/mol. The van der Waals surface area contributed by atoms with Gasteiger partial charge >= 0.3 is 0 Å². The number of rotatable bonds is 4. The molecule has 5 N–H and O–H groups in total. The second-order valence-corrected chi connectivity index (χ2v) is 5.63. The summed E-state index contributed by atoms with van der Waals surface area (Å²) in [4.78, 5) is 12.4. The smallest absolute Gasteiger partial charge is 0.222 e. The summed E-state index contributed by atoms with van der Waals surface area (Å²) in [7, 11) is 0. The van der Waals surface area contributed by atoms with Gasteiger partial charge in [0.2, 0.25) is 5.95 Å². The van der Waals surface area contributed by atoms with E-state index in [9.17, 15) is 15.3 Å². The molecule has 124 valence electrons. The van der Waals surface area contributed by atoms with Crippen LogP contribution in [-0.4, -0.2) is 59.3 Å². The molecular weight excluding hydrogens is 302 g/mol. The zero-order valence-corrected chi connectivity index (χ0v) is 12.6. The highest BCUT2D eigenvalue weighted by Crippen LogP contribution is 2.42. The van der Waals surface area contributed by atoms with E-state index in [4.69, 9.17) is 10.5 Å². The standard InChI is InChI=1S/C14H19N5O4/c1-3-4-14(22)10(21)8(5-20)23-12(14)19-6-16-9-7(2)17-13(15)18-11(9)19/h3,6,8,10,12,20-22H,1,4-5H2,2H3,(H2,15,17,18)/t8?,10?,12?,14-/m1/s1. The van der Waals surface area contributed by atoms with Crippen LogP contribution < -0.4 is 5.73 Å². The number of nitrogen functional groups attached to an aromatic ring is 1. The second kappa shape index (κ2) is 5.53. The SMILES string of the molecule is C=CC[C@@]1(O)C(O)C(CO)OC1n1cnc2c(C)nc(N)nc21. The molecule has 0 radical (unpaired) electrons. The number of aryl methyl sites for hydroxylation is 1. The minimum Gasteiger partial charge on any atom is -0.394 e. The number of hydrogen-bond donors (Lipinski definition) is 4. The molecule has 2 aromatic heterocycles. The van der Waals surface area contributed by atoms with Crippen LogP contribution >= 0.6 is 0 Å². The maximum Gasteiger partial charge on any atom is 0.222 e. The molecule has 3 rings (SSSR count). The molecule has 0 spiro atoms. The third-order valence-corrected chi connectivity index (χ3v) is 4.11. The molecule has 0 saturated carbocycles. The topological polar surface area (TPSA) is 140 Å². The van der Waals surface area contributed by atoms with Crippen molar-refractivity contribution in [2.24, 2.45) is 0 Å². The molecule has 23 heavy (non-hydrogen) atoms. The van der Waals surface area contributed by atoms with Crippen LogP contribution in [0.1, 0.15) is 18.3 Å². The van der Waals surface area contributed by atoms with Gasteiger partial charge in [-0.3, -0.25) is 4.57 Å². The molecule has 1 aliphatic heterocycles. The fourth-order valence-corrected chi connectivity index (χ4v) is 2.98. The number of nitrogens with zero attached hydrogens (tertiary/aromatic N) is 4. The first-order chi connectivity index (χ1) is 10.9. The van der Waals surface area contributed by atoms with Crippen LogP contribution in [0, 0.1) is 6.92 Å². The molecule has 0 aliphatic carbocycles. The number of aliphatic hydroxyl groups excluding tert-OH is 2. The Balaban J connectivity index is 2.14. The van der Waals surface area contributed by atoms with Gasteiger partial charge in [-0.15, -0.1) is 6.58 Å². The normalized spacial score (nSPS) is 30.9. The summed E-state index contributed by atoms with van der Waals surface area (Å²) in [5.74, 6) is 0.0706. The molecule has 0 amide bonds. The van der Waals surface area contributed by atoms with Crippen LogP contribution in [-0.2, 0) is 4.74 Å². The van der Waals surface area contributed by atoms with Gasteiger partial charge in [-0.05, 0) is 6.92 Å². The molecule has 1 saturated heterocycles. The van der Waals surface area contributed by atoms with Crippen LogP contribution in [0.2, 0.25) is 0 Å². The van der Waals surface area contributed by atoms with E-state index < -0.39 is 30.6 Å². The van der Waals surface area contributed by atoms with E-state index in [1.807, 2.05) is 0 Å². The Hall–Kier alpha value is -2.07. The summed E-state index contributed by atoms with van der Waals surface area (Å²) in [6.45, 7) is 4.92. The van der Waals surface area contributed by atoms with Gasteiger partial charge in [0.25, 0.3) is 0 Å². The van der Waals surface area contributed by atoms with E-state index in [1.165, 1.54) is 17.0 Å². The molecule has 9 nitrogen and oxygen atoms in total. The molecule has 4 atom stereocenters. The fraction of sp³-hybridized carbons (Fsp3) is 0.500. The van der Waals surface area contributed by atoms with Crippen molar-refractivity contribution in [2.75, 3.05) is 12.3 Å². The van der Waals surface area contributed by atoms with Crippen molar-refractivity contribution in [1.82, 2.24) is 19.5 Å². The Kier molecular flexibility index (Phi) is 3.80. The second-order valence-electron chi connectivity index (χ2n) is 5.63. The summed E-state index contributed by atoms with van der Waals surface area (Å²) >= 11 is 0. The van der Waals surface area contributed by atoms with Crippen LogP contribution in [0.15, 0.2) is 19.0 Å². The summed E-state index contributed by atoms with van der Waals surface area (Å²) in [5, 5.41) is 30.6. The number of aliphatic hydroxyl groups is 3. The number of aromatic nitrogens is 4. The minimum atomic E-state index is -1.67. The van der Waals surface area contributed by atoms with Crippen molar-refractivity contribution in [2.45, 2.75) is 37.4 Å². The number of hydrogen-bond acceptors (Lipinski definition) is 8. The molecule has 1 aliphatic rings. The van der Waals surface area contributed by atoms with Crippen molar-refractivity contribution in [3.05, 3.63) is 24.7 Å². The van der Waals surface area contributed by atoms with E-state index >= 15 is 0 Å². The van der Waals surface area contributed by atoms with E-state index in [2.05, 4.69) is 21.5 Å². The van der Waals surface area contributed by atoms with Gasteiger partial charge in [0, 0.05) is 6.42 Å². The lowest BCUT2D eigenvalue weighted by atomic mass is 9.90. The fourth-order valence-electron chi connectivity index (χ4n) is 2.98. The van der Waals surface area contributed by atoms with Crippen LogP contribution in [0.4, 0.5) is 5.95 Å². The van der Waals surface area contributed by atoms with Crippen molar-refractivity contribution in [3.63, 3.8) is 0 Å². The highest BCUT2D eigenvalue weighted by atomic mass is 16.6. The highest BCUT2D eigenvalue weighted by molar-refractivity contribution is 5.74. The predicted octanol–water partition coefficient (Wildman–Crippen LogP) is -0.725. The number of nitrogens with two attached hydrogens (primary N) is 1. The van der Waals surface area contributed by atoms with E-state index in [0.717, 1.165) is 0 Å². The average molecular weight is 321 g/mol. The van der Waals surface area contributed by atoms with Crippen LogP contribution in [0.3, 0.4) is 0 Å². The van der Waals surface area contributed by atoms with Crippen molar-refractivity contribution < 1.29 is 20.1 Å². The molecular formula is C14H19N5O4. The Morgan fingerprint density at radius 1 is 1.52 bits per heavy atom. The van der Waals surface area contributed by atoms with Gasteiger partial charge in [-0.2, -0.15) is 4.98 Å². The number of imidazole rings is 1. The molecule has 0 aromatic carbocycles. The predicted molar refractivity (Wildman–Crippen MR) is 81.2 cm³/mol. The largest absolute Gasteiger partial charge is 0.394 e. The van der Waals surface area contributed by atoms with Gasteiger partial charge in [0.15, 0.2) is 11.9 Å². The summed E-state index contributed by atoms with van der Waals surface area (Å²) in [6, 6.07) is 0. The van der Waals surface area contributed by atoms with Gasteiger partial charge in [0.05, 0.1) is 18.6 Å². The molecule has 9 heteroatoms. The molecule has 3 unspecified atom stereocenters. The minimum absolute atomic E-state index is 0.0640. The summed E-state index contributed by atoms with van der Waals surface area (Å²) in [6.07, 6.45) is -0.222. The van der Waals surface area contributed by atoms with E-state index in [0.29, 0.717) is 16.9 Å². The van der Waals surface area contributed by atoms with Crippen LogP contribution in [0.5, 0.6) is 0 Å². The maximum atomic E-state index is 10.9. The van der Waals surface area contributed by atoms with Crippen molar-refractivity contribution in [1.29, 1.82) is 0 Å². The van der Waals surface area contributed by atoms with Crippen molar-refractivity contribution >= 4 is 17.1 Å². The zero-order chi connectivity index (χ0) is 16.8. The molecule has 0 bridgehead atoms.